The van der Waals surface area contributed by atoms with Crippen LogP contribution in [0, 0.1) is 11.8 Å². The maximum atomic E-state index is 11.9. The molecule has 28 heavy (non-hydrogen) atoms. The molecule has 0 radical (unpaired) electrons. The van der Waals surface area contributed by atoms with Crippen molar-refractivity contribution in [2.75, 3.05) is 0 Å². The van der Waals surface area contributed by atoms with Crippen molar-refractivity contribution in [2.24, 2.45) is 11.8 Å². The number of carbonyl (C=O) groups is 4. The molecule has 2 atom stereocenters. The van der Waals surface area contributed by atoms with E-state index in [1.807, 2.05) is 13.8 Å². The summed E-state index contributed by atoms with van der Waals surface area (Å²) in [6, 6.07) is 0. The van der Waals surface area contributed by atoms with Crippen molar-refractivity contribution in [3.63, 3.8) is 0 Å². The monoisotopic (exact) mass is 396 g/mol. The predicted octanol–water partition coefficient (Wildman–Crippen LogP) is 3.32. The molecular formula is C20H28O8. The number of carboxylic acid groups (broad SMARTS) is 4. The third kappa shape index (κ3) is 5.68. The summed E-state index contributed by atoms with van der Waals surface area (Å²) in [6.45, 7) is 3.76. The Labute approximate surface area is 163 Å². The van der Waals surface area contributed by atoms with Gasteiger partial charge in [-0.1, -0.05) is 39.5 Å². The van der Waals surface area contributed by atoms with Crippen LogP contribution in [0.4, 0.5) is 0 Å². The molecule has 0 fully saturated rings. The minimum atomic E-state index is -1.40. The maximum absolute atomic E-state index is 11.9. The van der Waals surface area contributed by atoms with Gasteiger partial charge < -0.3 is 20.4 Å². The molecule has 0 saturated heterocycles. The Morgan fingerprint density at radius 1 is 0.679 bits per heavy atom. The summed E-state index contributed by atoms with van der Waals surface area (Å²) in [5, 5.41) is 38.7. The molecule has 0 aliphatic heterocycles. The van der Waals surface area contributed by atoms with Crippen molar-refractivity contribution in [3.05, 3.63) is 22.3 Å². The molecule has 0 saturated carbocycles. The first-order valence-electron chi connectivity index (χ1n) is 9.54. The van der Waals surface area contributed by atoms with Crippen LogP contribution in [-0.2, 0) is 19.2 Å². The van der Waals surface area contributed by atoms with Crippen LogP contribution in [-0.4, -0.2) is 44.3 Å². The number of unbranched alkanes of at least 4 members (excludes halogenated alkanes) is 2. The Kier molecular flexibility index (Phi) is 8.88. The Balaban J connectivity index is 3.71. The lowest BCUT2D eigenvalue weighted by atomic mass is 9.74. The van der Waals surface area contributed by atoms with Crippen molar-refractivity contribution in [1.82, 2.24) is 0 Å². The van der Waals surface area contributed by atoms with Crippen molar-refractivity contribution in [2.45, 2.75) is 65.2 Å². The van der Waals surface area contributed by atoms with Gasteiger partial charge in [-0.25, -0.2) is 19.2 Å². The van der Waals surface area contributed by atoms with Crippen molar-refractivity contribution in [3.8, 4) is 0 Å². The van der Waals surface area contributed by atoms with E-state index < -0.39 is 35.7 Å². The maximum Gasteiger partial charge on any atom is 0.332 e. The van der Waals surface area contributed by atoms with Gasteiger partial charge in [-0.2, -0.15) is 0 Å². The molecule has 8 heteroatoms. The molecular weight excluding hydrogens is 368 g/mol. The van der Waals surface area contributed by atoms with Gasteiger partial charge in [0.15, 0.2) is 0 Å². The average Bonchev–Trinajstić information content (AvgIpc) is 2.58. The van der Waals surface area contributed by atoms with Crippen LogP contribution in [0.5, 0.6) is 0 Å². The topological polar surface area (TPSA) is 149 Å². The first kappa shape index (κ1) is 23.4. The summed E-state index contributed by atoms with van der Waals surface area (Å²) < 4.78 is 0. The third-order valence-corrected chi connectivity index (χ3v) is 5.16. The molecule has 0 aromatic heterocycles. The van der Waals surface area contributed by atoms with Crippen LogP contribution < -0.4 is 0 Å². The SMILES string of the molecule is CCCC[C@H]1CC(C(=O)O)=C(C(=O)O)[C@@H](CCCC)CC(C(=O)O)=C1C(=O)O. The highest BCUT2D eigenvalue weighted by molar-refractivity contribution is 6.02. The molecule has 8 nitrogen and oxygen atoms in total. The number of carboxylic acids is 4. The molecule has 0 spiro atoms. The second-order valence-corrected chi connectivity index (χ2v) is 7.09. The molecule has 0 amide bonds. The molecule has 0 aromatic rings. The van der Waals surface area contributed by atoms with E-state index in [0.29, 0.717) is 25.7 Å². The summed E-state index contributed by atoms with van der Waals surface area (Å²) >= 11 is 0. The zero-order valence-electron chi connectivity index (χ0n) is 16.2. The lowest BCUT2D eigenvalue weighted by molar-refractivity contribution is -0.138. The molecule has 156 valence electrons. The summed E-state index contributed by atoms with van der Waals surface area (Å²) in [7, 11) is 0. The van der Waals surface area contributed by atoms with Crippen LogP contribution >= 0.6 is 0 Å². The lowest BCUT2D eigenvalue weighted by Crippen LogP contribution is -2.28. The Bertz CT molecular complexity index is 641. The molecule has 1 aliphatic rings. The number of rotatable bonds is 10. The van der Waals surface area contributed by atoms with Crippen molar-refractivity contribution >= 4 is 23.9 Å². The van der Waals surface area contributed by atoms with E-state index >= 15 is 0 Å². The molecule has 0 bridgehead atoms. The second-order valence-electron chi connectivity index (χ2n) is 7.09. The Morgan fingerprint density at radius 2 is 1.00 bits per heavy atom. The van der Waals surface area contributed by atoms with Crippen LogP contribution in [0.3, 0.4) is 0 Å². The molecule has 1 rings (SSSR count). The average molecular weight is 396 g/mol. The van der Waals surface area contributed by atoms with E-state index in [1.54, 1.807) is 0 Å². The Hall–Kier alpha value is -2.64. The highest BCUT2D eigenvalue weighted by Gasteiger charge is 2.38. The van der Waals surface area contributed by atoms with E-state index in [4.69, 9.17) is 0 Å². The first-order chi connectivity index (χ1) is 13.1. The van der Waals surface area contributed by atoms with Crippen LogP contribution in [0.15, 0.2) is 22.3 Å². The smallest absolute Gasteiger partial charge is 0.332 e. The largest absolute Gasteiger partial charge is 0.478 e. The molecule has 4 N–H and O–H groups in total. The first-order valence-corrected chi connectivity index (χ1v) is 9.54. The molecule has 0 heterocycles. The van der Waals surface area contributed by atoms with Gasteiger partial charge in [0.05, 0.1) is 11.1 Å². The van der Waals surface area contributed by atoms with E-state index in [9.17, 15) is 39.6 Å². The lowest BCUT2D eigenvalue weighted by Gasteiger charge is -2.28. The quantitative estimate of drug-likeness (QED) is 0.439. The summed E-state index contributed by atoms with van der Waals surface area (Å²) in [6.07, 6.45) is 2.50. The number of hydrogen-bond donors (Lipinski definition) is 4. The van der Waals surface area contributed by atoms with Crippen LogP contribution in [0.25, 0.3) is 0 Å². The van der Waals surface area contributed by atoms with Gasteiger partial charge in [-0.05, 0) is 37.5 Å². The zero-order chi connectivity index (χ0) is 21.4. The molecule has 0 aromatic carbocycles. The highest BCUT2D eigenvalue weighted by Crippen LogP contribution is 2.39. The molecule has 1 aliphatic carbocycles. The van der Waals surface area contributed by atoms with Crippen LogP contribution in [0.1, 0.15) is 65.2 Å². The van der Waals surface area contributed by atoms with Crippen molar-refractivity contribution in [1.29, 1.82) is 0 Å². The predicted molar refractivity (Wildman–Crippen MR) is 99.9 cm³/mol. The fourth-order valence-corrected chi connectivity index (χ4v) is 3.82. The van der Waals surface area contributed by atoms with Crippen molar-refractivity contribution < 1.29 is 39.6 Å². The second kappa shape index (κ2) is 10.6. The third-order valence-electron chi connectivity index (χ3n) is 5.16. The Morgan fingerprint density at radius 3 is 1.21 bits per heavy atom. The van der Waals surface area contributed by atoms with Gasteiger partial charge in [0.2, 0.25) is 0 Å². The number of hydrogen-bond acceptors (Lipinski definition) is 4. The minimum Gasteiger partial charge on any atom is -0.478 e. The van der Waals surface area contributed by atoms with Gasteiger partial charge in [-0.3, -0.25) is 0 Å². The van der Waals surface area contributed by atoms with E-state index in [1.165, 1.54) is 0 Å². The van der Waals surface area contributed by atoms with E-state index in [0.717, 1.165) is 0 Å². The minimum absolute atomic E-state index is 0.276. The summed E-state index contributed by atoms with van der Waals surface area (Å²) in [5.41, 5.74) is -1.24. The highest BCUT2D eigenvalue weighted by atomic mass is 16.4. The molecule has 0 unspecified atom stereocenters. The summed E-state index contributed by atoms with van der Waals surface area (Å²) in [5.74, 6) is -7.31. The van der Waals surface area contributed by atoms with Gasteiger partial charge in [-0.15, -0.1) is 0 Å². The number of aliphatic carboxylic acids is 4. The van der Waals surface area contributed by atoms with Gasteiger partial charge in [0, 0.05) is 11.1 Å². The fourth-order valence-electron chi connectivity index (χ4n) is 3.82. The standard InChI is InChI=1S/C20H28O8/c1-3-5-7-11-9-13(17(21)22)16(20(27)28)12(8-6-4-2)10-14(18(23)24)15(11)19(25)26/h11-12H,3-10H2,1-2H3,(H,21,22)(H,23,24)(H,25,26)(H,27,28)/t11-,12-/m0/s1. The van der Waals surface area contributed by atoms with Crippen LogP contribution in [0.2, 0.25) is 0 Å². The van der Waals surface area contributed by atoms with E-state index in [2.05, 4.69) is 0 Å². The van der Waals surface area contributed by atoms with E-state index in [-0.39, 0.29) is 48.0 Å². The summed E-state index contributed by atoms with van der Waals surface area (Å²) in [4.78, 5) is 47.6. The van der Waals surface area contributed by atoms with Gasteiger partial charge in [0.1, 0.15) is 0 Å². The zero-order valence-corrected chi connectivity index (χ0v) is 16.2. The van der Waals surface area contributed by atoms with Gasteiger partial charge in [0.25, 0.3) is 0 Å². The van der Waals surface area contributed by atoms with Gasteiger partial charge >= 0.3 is 23.9 Å². The fraction of sp³-hybridized carbons (Fsp3) is 0.600. The normalized spacial score (nSPS) is 20.5.